The predicted octanol–water partition coefficient (Wildman–Crippen LogP) is 1.96. The van der Waals surface area contributed by atoms with Gasteiger partial charge in [-0.1, -0.05) is 19.9 Å². The number of aliphatic hydroxyl groups excluding tert-OH is 1. The number of hydrogen-bond donors (Lipinski definition) is 2. The molecule has 3 heteroatoms. The Bertz CT molecular complexity index is 171. The smallest absolute Gasteiger partial charge is 0.0897 e. The second kappa shape index (κ2) is 9.82. The standard InChI is InChI=1S/C13H27NO2/c1-5-6-7-14-9-13(15)10-16-12(4)8-11(2)3/h5,11-15H,1,6-10H2,2-4H3. The molecular weight excluding hydrogens is 202 g/mol. The zero-order valence-electron chi connectivity index (χ0n) is 10.9. The summed E-state index contributed by atoms with van der Waals surface area (Å²) in [6.45, 7) is 11.9. The van der Waals surface area contributed by atoms with Crippen molar-refractivity contribution < 1.29 is 9.84 Å². The SMILES string of the molecule is C=CCCNCC(O)COC(C)CC(C)C. The van der Waals surface area contributed by atoms with Crippen LogP contribution in [0.2, 0.25) is 0 Å². The monoisotopic (exact) mass is 229 g/mol. The molecule has 0 radical (unpaired) electrons. The molecule has 2 N–H and O–H groups in total. The summed E-state index contributed by atoms with van der Waals surface area (Å²) in [4.78, 5) is 0. The lowest BCUT2D eigenvalue weighted by Crippen LogP contribution is -2.32. The van der Waals surface area contributed by atoms with Gasteiger partial charge in [0, 0.05) is 6.54 Å². The summed E-state index contributed by atoms with van der Waals surface area (Å²) in [6, 6.07) is 0. The summed E-state index contributed by atoms with van der Waals surface area (Å²) in [5.74, 6) is 0.637. The minimum atomic E-state index is -0.417. The first-order valence-electron chi connectivity index (χ1n) is 6.17. The van der Waals surface area contributed by atoms with E-state index in [0.717, 1.165) is 19.4 Å². The highest BCUT2D eigenvalue weighted by Crippen LogP contribution is 2.07. The van der Waals surface area contributed by atoms with E-state index in [2.05, 4.69) is 32.7 Å². The third-order valence-electron chi connectivity index (χ3n) is 2.28. The minimum Gasteiger partial charge on any atom is -0.389 e. The average molecular weight is 229 g/mol. The first-order chi connectivity index (χ1) is 7.56. The van der Waals surface area contributed by atoms with Crippen LogP contribution < -0.4 is 5.32 Å². The van der Waals surface area contributed by atoms with Gasteiger partial charge in [0.2, 0.25) is 0 Å². The molecule has 2 unspecified atom stereocenters. The number of nitrogens with one attached hydrogen (secondary N) is 1. The van der Waals surface area contributed by atoms with Crippen LogP contribution in [0, 0.1) is 5.92 Å². The Morgan fingerprint density at radius 2 is 2.06 bits per heavy atom. The van der Waals surface area contributed by atoms with E-state index in [0.29, 0.717) is 19.1 Å². The zero-order valence-corrected chi connectivity index (χ0v) is 10.9. The van der Waals surface area contributed by atoms with E-state index in [4.69, 9.17) is 4.74 Å². The molecule has 0 amide bonds. The molecule has 0 heterocycles. The second-order valence-electron chi connectivity index (χ2n) is 4.71. The van der Waals surface area contributed by atoms with E-state index in [1.807, 2.05) is 6.08 Å². The normalized spacial score (nSPS) is 15.1. The van der Waals surface area contributed by atoms with Crippen molar-refractivity contribution in [1.29, 1.82) is 0 Å². The molecule has 0 fully saturated rings. The first kappa shape index (κ1) is 15.6. The lowest BCUT2D eigenvalue weighted by atomic mass is 10.1. The van der Waals surface area contributed by atoms with Crippen LogP contribution in [-0.4, -0.2) is 37.0 Å². The van der Waals surface area contributed by atoms with Gasteiger partial charge in [0.15, 0.2) is 0 Å². The van der Waals surface area contributed by atoms with Gasteiger partial charge in [-0.2, -0.15) is 0 Å². The Balaban J connectivity index is 3.41. The Labute approximate surface area is 99.9 Å². The Morgan fingerprint density at radius 3 is 2.62 bits per heavy atom. The highest BCUT2D eigenvalue weighted by atomic mass is 16.5. The van der Waals surface area contributed by atoms with Crippen LogP contribution >= 0.6 is 0 Å². The van der Waals surface area contributed by atoms with Crippen LogP contribution in [0.4, 0.5) is 0 Å². The van der Waals surface area contributed by atoms with Crippen molar-refractivity contribution in [3.8, 4) is 0 Å². The molecule has 0 aromatic heterocycles. The van der Waals surface area contributed by atoms with Crippen LogP contribution in [0.1, 0.15) is 33.6 Å². The van der Waals surface area contributed by atoms with Gasteiger partial charge in [-0.25, -0.2) is 0 Å². The summed E-state index contributed by atoms with van der Waals surface area (Å²) in [7, 11) is 0. The lowest BCUT2D eigenvalue weighted by molar-refractivity contribution is -0.00837. The van der Waals surface area contributed by atoms with Crippen molar-refractivity contribution in [3.05, 3.63) is 12.7 Å². The molecule has 0 spiro atoms. The van der Waals surface area contributed by atoms with E-state index in [1.54, 1.807) is 0 Å². The van der Waals surface area contributed by atoms with Gasteiger partial charge < -0.3 is 15.2 Å². The van der Waals surface area contributed by atoms with Gasteiger partial charge >= 0.3 is 0 Å². The summed E-state index contributed by atoms with van der Waals surface area (Å²) < 4.78 is 5.56. The fourth-order valence-corrected chi connectivity index (χ4v) is 1.54. The lowest BCUT2D eigenvalue weighted by Gasteiger charge is -2.18. The molecule has 0 aromatic carbocycles. The van der Waals surface area contributed by atoms with Gasteiger partial charge in [0.25, 0.3) is 0 Å². The Hall–Kier alpha value is -0.380. The Morgan fingerprint density at radius 1 is 1.38 bits per heavy atom. The van der Waals surface area contributed by atoms with Crippen molar-refractivity contribution in [2.75, 3.05) is 19.7 Å². The molecule has 0 aromatic rings. The molecule has 0 aliphatic heterocycles. The van der Waals surface area contributed by atoms with Gasteiger partial charge in [0.1, 0.15) is 0 Å². The third kappa shape index (κ3) is 10.1. The quantitative estimate of drug-likeness (QED) is 0.444. The highest BCUT2D eigenvalue weighted by Gasteiger charge is 2.09. The Kier molecular flexibility index (Phi) is 9.59. The van der Waals surface area contributed by atoms with Crippen LogP contribution in [0.5, 0.6) is 0 Å². The van der Waals surface area contributed by atoms with Gasteiger partial charge in [-0.3, -0.25) is 0 Å². The number of rotatable bonds is 10. The molecular formula is C13H27NO2. The molecule has 16 heavy (non-hydrogen) atoms. The van der Waals surface area contributed by atoms with Crippen LogP contribution in [0.3, 0.4) is 0 Å². The van der Waals surface area contributed by atoms with E-state index in [1.165, 1.54) is 0 Å². The zero-order chi connectivity index (χ0) is 12.4. The summed E-state index contributed by atoms with van der Waals surface area (Å²) in [5.41, 5.74) is 0. The van der Waals surface area contributed by atoms with Crippen LogP contribution in [0.25, 0.3) is 0 Å². The summed E-state index contributed by atoms with van der Waals surface area (Å²) in [6.07, 6.45) is 3.64. The van der Waals surface area contributed by atoms with Crippen molar-refractivity contribution in [2.24, 2.45) is 5.92 Å². The number of ether oxygens (including phenoxy) is 1. The topological polar surface area (TPSA) is 41.5 Å². The summed E-state index contributed by atoms with van der Waals surface area (Å²) >= 11 is 0. The van der Waals surface area contributed by atoms with Crippen molar-refractivity contribution in [2.45, 2.75) is 45.8 Å². The van der Waals surface area contributed by atoms with Crippen molar-refractivity contribution in [1.82, 2.24) is 5.32 Å². The first-order valence-corrected chi connectivity index (χ1v) is 6.17. The van der Waals surface area contributed by atoms with Crippen molar-refractivity contribution in [3.63, 3.8) is 0 Å². The average Bonchev–Trinajstić information content (AvgIpc) is 2.20. The molecule has 0 aliphatic rings. The van der Waals surface area contributed by atoms with E-state index >= 15 is 0 Å². The maximum atomic E-state index is 9.62. The maximum Gasteiger partial charge on any atom is 0.0897 e. The number of aliphatic hydroxyl groups is 1. The molecule has 0 saturated carbocycles. The third-order valence-corrected chi connectivity index (χ3v) is 2.28. The predicted molar refractivity (Wildman–Crippen MR) is 68.6 cm³/mol. The van der Waals surface area contributed by atoms with E-state index in [9.17, 15) is 5.11 Å². The molecule has 96 valence electrons. The molecule has 0 aliphatic carbocycles. The highest BCUT2D eigenvalue weighted by molar-refractivity contribution is 4.68. The van der Waals surface area contributed by atoms with Gasteiger partial charge in [0.05, 0.1) is 18.8 Å². The van der Waals surface area contributed by atoms with Crippen molar-refractivity contribution >= 4 is 0 Å². The minimum absolute atomic E-state index is 0.225. The van der Waals surface area contributed by atoms with Gasteiger partial charge in [-0.15, -0.1) is 6.58 Å². The molecule has 0 saturated heterocycles. The van der Waals surface area contributed by atoms with Gasteiger partial charge in [-0.05, 0) is 32.2 Å². The molecule has 0 bridgehead atoms. The summed E-state index contributed by atoms with van der Waals surface area (Å²) in [5, 5.41) is 12.8. The fraction of sp³-hybridized carbons (Fsp3) is 0.846. The van der Waals surface area contributed by atoms with Crippen LogP contribution in [0.15, 0.2) is 12.7 Å². The van der Waals surface area contributed by atoms with E-state index in [-0.39, 0.29) is 6.10 Å². The maximum absolute atomic E-state index is 9.62. The number of hydrogen-bond acceptors (Lipinski definition) is 3. The van der Waals surface area contributed by atoms with Crippen LogP contribution in [-0.2, 0) is 4.74 Å². The molecule has 3 nitrogen and oxygen atoms in total. The second-order valence-corrected chi connectivity index (χ2v) is 4.71. The molecule has 0 rings (SSSR count). The van der Waals surface area contributed by atoms with E-state index < -0.39 is 6.10 Å². The largest absolute Gasteiger partial charge is 0.389 e. The fourth-order valence-electron chi connectivity index (χ4n) is 1.54. The molecule has 2 atom stereocenters.